The summed E-state index contributed by atoms with van der Waals surface area (Å²) in [5.74, 6) is -1.07. The number of carbonyl (C=O) groups is 2. The normalized spacial score (nSPS) is 11.0. The number of aryl methyl sites for hydroxylation is 1. The Labute approximate surface area is 120 Å². The molecular weight excluding hydrogens is 314 g/mol. The number of hydrogen-bond donors (Lipinski definition) is 2. The minimum atomic E-state index is -1.07. The van der Waals surface area contributed by atoms with E-state index in [1.54, 1.807) is 33.8 Å². The summed E-state index contributed by atoms with van der Waals surface area (Å²) in [5.41, 5.74) is 0.623. The molecule has 19 heavy (non-hydrogen) atoms. The van der Waals surface area contributed by atoms with Crippen LogP contribution in [-0.4, -0.2) is 22.8 Å². The lowest BCUT2D eigenvalue weighted by Crippen LogP contribution is -2.27. The molecule has 1 amide bonds. The predicted molar refractivity (Wildman–Crippen MR) is 75.7 cm³/mol. The minimum absolute atomic E-state index is 0.0802. The van der Waals surface area contributed by atoms with E-state index in [9.17, 15) is 9.59 Å². The van der Waals surface area contributed by atoms with Crippen molar-refractivity contribution in [2.45, 2.75) is 33.3 Å². The number of aromatic carboxylic acids is 1. The van der Waals surface area contributed by atoms with Gasteiger partial charge in [-0.25, -0.2) is 9.59 Å². The molecule has 5 nitrogen and oxygen atoms in total. The highest BCUT2D eigenvalue weighted by atomic mass is 79.9. The molecule has 0 aliphatic rings. The van der Waals surface area contributed by atoms with Crippen molar-refractivity contribution >= 4 is 33.7 Å². The van der Waals surface area contributed by atoms with E-state index in [1.807, 2.05) is 0 Å². The van der Waals surface area contributed by atoms with E-state index in [4.69, 9.17) is 9.84 Å². The Hall–Kier alpha value is -1.56. The Morgan fingerprint density at radius 3 is 2.37 bits per heavy atom. The first-order valence-corrected chi connectivity index (χ1v) is 6.43. The standard InChI is InChI=1S/C13H16BrNO4/c1-7-5-9(14)8(11(16)17)6-10(7)15-12(18)19-13(2,3)4/h5-6H,1-4H3,(H,15,18)(H,16,17). The number of carboxylic acid groups (broad SMARTS) is 1. The molecule has 0 saturated heterocycles. The second-order valence-electron chi connectivity index (χ2n) is 5.08. The maximum absolute atomic E-state index is 11.7. The fourth-order valence-corrected chi connectivity index (χ4v) is 2.01. The van der Waals surface area contributed by atoms with Gasteiger partial charge in [0, 0.05) is 10.2 Å². The number of hydrogen-bond acceptors (Lipinski definition) is 3. The van der Waals surface area contributed by atoms with Gasteiger partial charge in [-0.2, -0.15) is 0 Å². The third kappa shape index (κ3) is 4.55. The first-order valence-electron chi connectivity index (χ1n) is 5.63. The fraction of sp³-hybridized carbons (Fsp3) is 0.385. The Kier molecular flexibility index (Phi) is 4.57. The second-order valence-corrected chi connectivity index (χ2v) is 5.93. The minimum Gasteiger partial charge on any atom is -0.478 e. The van der Waals surface area contributed by atoms with Gasteiger partial charge in [0.25, 0.3) is 0 Å². The van der Waals surface area contributed by atoms with Crippen molar-refractivity contribution in [2.24, 2.45) is 0 Å². The molecule has 0 saturated carbocycles. The van der Waals surface area contributed by atoms with Crippen LogP contribution in [0.3, 0.4) is 0 Å². The van der Waals surface area contributed by atoms with Gasteiger partial charge in [0.15, 0.2) is 0 Å². The van der Waals surface area contributed by atoms with Gasteiger partial charge in [-0.1, -0.05) is 0 Å². The van der Waals surface area contributed by atoms with E-state index < -0.39 is 17.7 Å². The van der Waals surface area contributed by atoms with Crippen molar-refractivity contribution in [3.8, 4) is 0 Å². The largest absolute Gasteiger partial charge is 0.478 e. The zero-order chi connectivity index (χ0) is 14.8. The van der Waals surface area contributed by atoms with Crippen LogP contribution in [0.25, 0.3) is 0 Å². The van der Waals surface area contributed by atoms with Gasteiger partial charge in [0.2, 0.25) is 0 Å². The molecule has 104 valence electrons. The average molecular weight is 330 g/mol. The lowest BCUT2D eigenvalue weighted by atomic mass is 10.1. The Balaban J connectivity index is 2.99. The third-order valence-electron chi connectivity index (χ3n) is 2.18. The number of halogens is 1. The molecule has 0 heterocycles. The Morgan fingerprint density at radius 1 is 1.32 bits per heavy atom. The Bertz CT molecular complexity index is 520. The van der Waals surface area contributed by atoms with Crippen LogP contribution >= 0.6 is 15.9 Å². The smallest absolute Gasteiger partial charge is 0.412 e. The van der Waals surface area contributed by atoms with Gasteiger partial charge in [-0.3, -0.25) is 5.32 Å². The molecule has 0 aliphatic heterocycles. The summed E-state index contributed by atoms with van der Waals surface area (Å²) in [6.07, 6.45) is -0.616. The van der Waals surface area contributed by atoms with E-state index in [0.717, 1.165) is 5.56 Å². The topological polar surface area (TPSA) is 75.6 Å². The van der Waals surface area contributed by atoms with Gasteiger partial charge in [0.05, 0.1) is 5.56 Å². The number of anilines is 1. The van der Waals surface area contributed by atoms with Crippen LogP contribution in [-0.2, 0) is 4.74 Å². The number of carbonyl (C=O) groups excluding carboxylic acids is 1. The fourth-order valence-electron chi connectivity index (χ4n) is 1.38. The van der Waals surface area contributed by atoms with Gasteiger partial charge < -0.3 is 9.84 Å². The molecule has 0 spiro atoms. The van der Waals surface area contributed by atoms with Crippen LogP contribution in [0.4, 0.5) is 10.5 Å². The summed E-state index contributed by atoms with van der Waals surface area (Å²) in [6.45, 7) is 7.03. The first kappa shape index (κ1) is 15.5. The summed E-state index contributed by atoms with van der Waals surface area (Å²) >= 11 is 3.17. The van der Waals surface area contributed by atoms with E-state index in [0.29, 0.717) is 10.2 Å². The number of benzene rings is 1. The average Bonchev–Trinajstić information content (AvgIpc) is 2.18. The van der Waals surface area contributed by atoms with Crippen LogP contribution in [0.1, 0.15) is 36.7 Å². The highest BCUT2D eigenvalue weighted by molar-refractivity contribution is 9.10. The number of ether oxygens (including phenoxy) is 1. The zero-order valence-electron chi connectivity index (χ0n) is 11.2. The monoisotopic (exact) mass is 329 g/mol. The van der Waals surface area contributed by atoms with Crippen molar-refractivity contribution in [3.05, 3.63) is 27.7 Å². The van der Waals surface area contributed by atoms with Crippen LogP contribution < -0.4 is 5.32 Å². The summed E-state index contributed by atoms with van der Waals surface area (Å²) in [5, 5.41) is 11.6. The molecule has 1 rings (SSSR count). The van der Waals surface area contributed by atoms with Gasteiger partial charge >= 0.3 is 12.1 Å². The third-order valence-corrected chi connectivity index (χ3v) is 2.84. The van der Waals surface area contributed by atoms with Crippen molar-refractivity contribution in [3.63, 3.8) is 0 Å². The lowest BCUT2D eigenvalue weighted by molar-refractivity contribution is 0.0632. The molecule has 0 aromatic heterocycles. The highest BCUT2D eigenvalue weighted by Crippen LogP contribution is 2.25. The number of carboxylic acids is 1. The van der Waals surface area contributed by atoms with Gasteiger partial charge in [-0.05, 0) is 61.3 Å². The summed E-state index contributed by atoms with van der Waals surface area (Å²) in [7, 11) is 0. The molecule has 6 heteroatoms. The highest BCUT2D eigenvalue weighted by Gasteiger charge is 2.18. The lowest BCUT2D eigenvalue weighted by Gasteiger charge is -2.20. The summed E-state index contributed by atoms with van der Waals surface area (Å²) in [6, 6.07) is 3.03. The molecule has 1 aromatic carbocycles. The summed E-state index contributed by atoms with van der Waals surface area (Å²) < 4.78 is 5.58. The van der Waals surface area contributed by atoms with Crippen LogP contribution in [0.5, 0.6) is 0 Å². The van der Waals surface area contributed by atoms with Crippen LogP contribution in [0.15, 0.2) is 16.6 Å². The molecule has 0 atom stereocenters. The zero-order valence-corrected chi connectivity index (χ0v) is 12.8. The first-order chi connectivity index (χ1) is 8.60. The van der Waals surface area contributed by atoms with Crippen LogP contribution in [0, 0.1) is 6.92 Å². The molecule has 0 radical (unpaired) electrons. The van der Waals surface area contributed by atoms with Crippen molar-refractivity contribution in [2.75, 3.05) is 5.32 Å². The Morgan fingerprint density at radius 2 is 1.89 bits per heavy atom. The molecule has 0 bridgehead atoms. The van der Waals surface area contributed by atoms with Crippen molar-refractivity contribution in [1.82, 2.24) is 0 Å². The van der Waals surface area contributed by atoms with E-state index in [1.165, 1.54) is 6.07 Å². The summed E-state index contributed by atoms with van der Waals surface area (Å²) in [4.78, 5) is 22.7. The van der Waals surface area contributed by atoms with Gasteiger partial charge in [0.1, 0.15) is 5.60 Å². The number of amides is 1. The van der Waals surface area contributed by atoms with Crippen molar-refractivity contribution < 1.29 is 19.4 Å². The molecule has 0 aliphatic carbocycles. The quantitative estimate of drug-likeness (QED) is 0.865. The predicted octanol–water partition coefficient (Wildman–Crippen LogP) is 3.80. The van der Waals surface area contributed by atoms with E-state index in [-0.39, 0.29) is 5.56 Å². The molecular formula is C13H16BrNO4. The molecule has 2 N–H and O–H groups in total. The van der Waals surface area contributed by atoms with E-state index in [2.05, 4.69) is 21.2 Å². The molecule has 0 unspecified atom stereocenters. The molecule has 0 fully saturated rings. The number of nitrogens with one attached hydrogen (secondary N) is 1. The maximum Gasteiger partial charge on any atom is 0.412 e. The maximum atomic E-state index is 11.7. The van der Waals surface area contributed by atoms with E-state index >= 15 is 0 Å². The molecule has 1 aromatic rings. The van der Waals surface area contributed by atoms with Crippen molar-refractivity contribution in [1.29, 1.82) is 0 Å². The van der Waals surface area contributed by atoms with Crippen LogP contribution in [0.2, 0.25) is 0 Å². The second kappa shape index (κ2) is 5.61. The van der Waals surface area contributed by atoms with Gasteiger partial charge in [-0.15, -0.1) is 0 Å². The number of rotatable bonds is 2. The SMILES string of the molecule is Cc1cc(Br)c(C(=O)O)cc1NC(=O)OC(C)(C)C.